The van der Waals surface area contributed by atoms with E-state index < -0.39 is 0 Å². The SMILES string of the molecule is Cn1ccnc1C(NC(=O)C1CCN(Cc2ccco2)CC1)c1ccccc1. The fourth-order valence-corrected chi connectivity index (χ4v) is 3.83. The van der Waals surface area contributed by atoms with E-state index in [0.29, 0.717) is 0 Å². The van der Waals surface area contributed by atoms with Crippen molar-refractivity contribution in [3.63, 3.8) is 0 Å². The average molecular weight is 378 g/mol. The van der Waals surface area contributed by atoms with Crippen molar-refractivity contribution in [3.8, 4) is 0 Å². The van der Waals surface area contributed by atoms with E-state index in [1.54, 1.807) is 12.5 Å². The van der Waals surface area contributed by atoms with E-state index in [2.05, 4.69) is 15.2 Å². The summed E-state index contributed by atoms with van der Waals surface area (Å²) in [7, 11) is 1.96. The predicted octanol–water partition coefficient (Wildman–Crippen LogP) is 3.13. The number of nitrogens with one attached hydrogen (secondary N) is 1. The van der Waals surface area contributed by atoms with Crippen LogP contribution < -0.4 is 5.32 Å². The van der Waals surface area contributed by atoms with Gasteiger partial charge in [0, 0.05) is 25.4 Å². The molecule has 3 aromatic rings. The zero-order valence-corrected chi connectivity index (χ0v) is 16.1. The van der Waals surface area contributed by atoms with Crippen LogP contribution in [0.5, 0.6) is 0 Å². The first-order chi connectivity index (χ1) is 13.7. The molecule has 6 nitrogen and oxygen atoms in total. The van der Waals surface area contributed by atoms with Gasteiger partial charge in [0.15, 0.2) is 0 Å². The molecule has 1 amide bonds. The first-order valence-electron chi connectivity index (χ1n) is 9.78. The fourth-order valence-electron chi connectivity index (χ4n) is 3.83. The molecular formula is C22H26N4O2. The first kappa shape index (κ1) is 18.5. The lowest BCUT2D eigenvalue weighted by Gasteiger charge is -2.31. The van der Waals surface area contributed by atoms with Gasteiger partial charge >= 0.3 is 0 Å². The number of imidazole rings is 1. The quantitative estimate of drug-likeness (QED) is 0.716. The number of aromatic nitrogens is 2. The van der Waals surface area contributed by atoms with Gasteiger partial charge < -0.3 is 14.3 Å². The third kappa shape index (κ3) is 4.17. The normalized spacial score (nSPS) is 16.8. The van der Waals surface area contributed by atoms with Crippen molar-refractivity contribution in [2.24, 2.45) is 13.0 Å². The number of furan rings is 1. The van der Waals surface area contributed by atoms with Gasteiger partial charge in [-0.3, -0.25) is 9.69 Å². The number of nitrogens with zero attached hydrogens (tertiary/aromatic N) is 3. The summed E-state index contributed by atoms with van der Waals surface area (Å²) in [4.78, 5) is 19.8. The zero-order chi connectivity index (χ0) is 19.3. The van der Waals surface area contributed by atoms with Crippen molar-refractivity contribution in [1.29, 1.82) is 0 Å². The highest BCUT2D eigenvalue weighted by Crippen LogP contribution is 2.24. The molecule has 1 unspecified atom stereocenters. The van der Waals surface area contributed by atoms with Crippen molar-refractivity contribution in [3.05, 3.63) is 78.3 Å². The number of benzene rings is 1. The van der Waals surface area contributed by atoms with E-state index >= 15 is 0 Å². The van der Waals surface area contributed by atoms with Crippen LogP contribution in [0, 0.1) is 5.92 Å². The Bertz CT molecular complexity index is 880. The van der Waals surface area contributed by atoms with E-state index in [1.165, 1.54) is 0 Å². The first-order valence-corrected chi connectivity index (χ1v) is 9.78. The van der Waals surface area contributed by atoms with Gasteiger partial charge in [0.2, 0.25) is 5.91 Å². The maximum atomic E-state index is 13.0. The maximum Gasteiger partial charge on any atom is 0.224 e. The molecule has 1 fully saturated rings. The molecule has 146 valence electrons. The van der Waals surface area contributed by atoms with Crippen molar-refractivity contribution in [1.82, 2.24) is 19.8 Å². The minimum atomic E-state index is -0.241. The van der Waals surface area contributed by atoms with Crippen LogP contribution in [-0.2, 0) is 18.4 Å². The van der Waals surface area contributed by atoms with Gasteiger partial charge in [-0.1, -0.05) is 30.3 Å². The zero-order valence-electron chi connectivity index (χ0n) is 16.1. The van der Waals surface area contributed by atoms with Crippen LogP contribution in [0.4, 0.5) is 0 Å². The topological polar surface area (TPSA) is 63.3 Å². The van der Waals surface area contributed by atoms with Crippen LogP contribution in [0.1, 0.15) is 36.0 Å². The number of hydrogen-bond donors (Lipinski definition) is 1. The molecule has 0 spiro atoms. The lowest BCUT2D eigenvalue weighted by Crippen LogP contribution is -2.41. The molecule has 28 heavy (non-hydrogen) atoms. The summed E-state index contributed by atoms with van der Waals surface area (Å²) in [5.41, 5.74) is 1.04. The molecule has 0 bridgehead atoms. The van der Waals surface area contributed by atoms with Gasteiger partial charge in [-0.25, -0.2) is 4.98 Å². The Morgan fingerprint density at radius 2 is 2.00 bits per heavy atom. The molecule has 1 aliphatic heterocycles. The third-order valence-corrected chi connectivity index (χ3v) is 5.45. The molecule has 1 saturated heterocycles. The number of carbonyl (C=O) groups excluding carboxylic acids is 1. The number of likely N-dealkylation sites (tertiary alicyclic amines) is 1. The number of rotatable bonds is 6. The summed E-state index contributed by atoms with van der Waals surface area (Å²) in [6, 6.07) is 13.7. The van der Waals surface area contributed by atoms with Gasteiger partial charge in [0.05, 0.1) is 12.8 Å². The fraction of sp³-hybridized carbons (Fsp3) is 0.364. The number of aryl methyl sites for hydroxylation is 1. The van der Waals surface area contributed by atoms with Crippen molar-refractivity contribution in [2.45, 2.75) is 25.4 Å². The molecule has 1 N–H and O–H groups in total. The molecule has 1 atom stereocenters. The highest BCUT2D eigenvalue weighted by molar-refractivity contribution is 5.79. The van der Waals surface area contributed by atoms with Crippen LogP contribution in [0.15, 0.2) is 65.5 Å². The molecule has 0 saturated carbocycles. The summed E-state index contributed by atoms with van der Waals surface area (Å²) in [6.45, 7) is 2.61. The lowest BCUT2D eigenvalue weighted by molar-refractivity contribution is -0.127. The molecule has 0 aliphatic carbocycles. The van der Waals surface area contributed by atoms with Gasteiger partial charge in [-0.2, -0.15) is 0 Å². The summed E-state index contributed by atoms with van der Waals surface area (Å²) in [6.07, 6.45) is 7.09. The lowest BCUT2D eigenvalue weighted by atomic mass is 9.94. The number of carbonyl (C=O) groups is 1. The van der Waals surface area contributed by atoms with E-state index in [1.807, 2.05) is 60.3 Å². The Morgan fingerprint density at radius 1 is 1.21 bits per heavy atom. The second kappa shape index (κ2) is 8.44. The Kier molecular flexibility index (Phi) is 5.58. The highest BCUT2D eigenvalue weighted by Gasteiger charge is 2.28. The van der Waals surface area contributed by atoms with Gasteiger partial charge in [0.1, 0.15) is 17.6 Å². The maximum absolute atomic E-state index is 13.0. The monoisotopic (exact) mass is 378 g/mol. The number of piperidine rings is 1. The molecule has 4 rings (SSSR count). The number of amides is 1. The minimum Gasteiger partial charge on any atom is -0.468 e. The Morgan fingerprint density at radius 3 is 2.64 bits per heavy atom. The summed E-state index contributed by atoms with van der Waals surface area (Å²) in [5, 5.41) is 3.25. The largest absolute Gasteiger partial charge is 0.468 e. The third-order valence-electron chi connectivity index (χ3n) is 5.45. The van der Waals surface area contributed by atoms with Gasteiger partial charge in [0.25, 0.3) is 0 Å². The van der Waals surface area contributed by atoms with E-state index in [9.17, 15) is 4.79 Å². The second-order valence-corrected chi connectivity index (χ2v) is 7.38. The van der Waals surface area contributed by atoms with Crippen LogP contribution in [-0.4, -0.2) is 33.4 Å². The van der Waals surface area contributed by atoms with E-state index in [4.69, 9.17) is 4.42 Å². The van der Waals surface area contributed by atoms with Crippen molar-refractivity contribution < 1.29 is 9.21 Å². The smallest absolute Gasteiger partial charge is 0.224 e. The molecule has 1 aliphatic rings. The summed E-state index contributed by atoms with van der Waals surface area (Å²) < 4.78 is 7.40. The highest BCUT2D eigenvalue weighted by atomic mass is 16.3. The van der Waals surface area contributed by atoms with Crippen LogP contribution >= 0.6 is 0 Å². The molecule has 0 radical (unpaired) electrons. The van der Waals surface area contributed by atoms with Gasteiger partial charge in [-0.15, -0.1) is 0 Å². The average Bonchev–Trinajstić information content (AvgIpc) is 3.39. The van der Waals surface area contributed by atoms with Crippen molar-refractivity contribution in [2.75, 3.05) is 13.1 Å². The number of hydrogen-bond acceptors (Lipinski definition) is 4. The predicted molar refractivity (Wildman–Crippen MR) is 106 cm³/mol. The van der Waals surface area contributed by atoms with Crippen LogP contribution in [0.25, 0.3) is 0 Å². The van der Waals surface area contributed by atoms with E-state index in [-0.39, 0.29) is 17.9 Å². The van der Waals surface area contributed by atoms with Crippen molar-refractivity contribution >= 4 is 5.91 Å². The Labute approximate surface area is 165 Å². The summed E-state index contributed by atoms with van der Waals surface area (Å²) >= 11 is 0. The second-order valence-electron chi connectivity index (χ2n) is 7.38. The molecule has 6 heteroatoms. The molecular weight excluding hydrogens is 352 g/mol. The summed E-state index contributed by atoms with van der Waals surface area (Å²) in [5.74, 6) is 1.95. The minimum absolute atomic E-state index is 0.0272. The van der Waals surface area contributed by atoms with Gasteiger partial charge in [-0.05, 0) is 43.6 Å². The Hall–Kier alpha value is -2.86. The Balaban J connectivity index is 1.40. The van der Waals surface area contributed by atoms with Crippen LogP contribution in [0.2, 0.25) is 0 Å². The molecule has 2 aromatic heterocycles. The molecule has 1 aromatic carbocycles. The molecule has 3 heterocycles. The standard InChI is InChI=1S/C22H26N4O2/c1-25-14-11-23-21(25)20(17-6-3-2-4-7-17)24-22(27)18-9-12-26(13-10-18)16-19-8-5-15-28-19/h2-8,11,14-15,18,20H,9-10,12-13,16H2,1H3,(H,24,27). The van der Waals surface area contributed by atoms with E-state index in [0.717, 1.165) is 49.6 Å². The van der Waals surface area contributed by atoms with Crippen LogP contribution in [0.3, 0.4) is 0 Å².